The molecule has 5 amide bonds. The maximum Gasteiger partial charge on any atom is 0.255 e. The number of nitrogens with zero attached hydrogens (tertiary/aromatic N) is 2. The predicted molar refractivity (Wildman–Crippen MR) is 122 cm³/mol. The van der Waals surface area contributed by atoms with Gasteiger partial charge >= 0.3 is 0 Å². The van der Waals surface area contributed by atoms with Crippen LogP contribution in [0.5, 0.6) is 0 Å². The smallest absolute Gasteiger partial charge is 0.255 e. The van der Waals surface area contributed by atoms with Crippen LogP contribution in [0.2, 0.25) is 0 Å². The van der Waals surface area contributed by atoms with E-state index in [4.69, 9.17) is 0 Å². The molecule has 0 saturated carbocycles. The van der Waals surface area contributed by atoms with Crippen LogP contribution >= 0.6 is 0 Å². The van der Waals surface area contributed by atoms with Gasteiger partial charge in [0.25, 0.3) is 11.8 Å². The van der Waals surface area contributed by atoms with Gasteiger partial charge in [-0.15, -0.1) is 0 Å². The largest absolute Gasteiger partial charge is 0.378 e. The summed E-state index contributed by atoms with van der Waals surface area (Å²) < 4.78 is 0. The third-order valence-electron chi connectivity index (χ3n) is 6.47. The topological polar surface area (TPSA) is 128 Å². The fraction of sp³-hybridized carbons (Fsp3) is 0.292. The number of carbonyl (C=O) groups is 5. The van der Waals surface area contributed by atoms with Gasteiger partial charge in [-0.1, -0.05) is 6.07 Å². The number of benzene rings is 2. The van der Waals surface area contributed by atoms with Gasteiger partial charge in [0.1, 0.15) is 6.04 Å². The Hall–Kier alpha value is -4.21. The summed E-state index contributed by atoms with van der Waals surface area (Å²) in [7, 11) is 0. The number of anilines is 2. The van der Waals surface area contributed by atoms with Crippen LogP contribution in [0.25, 0.3) is 0 Å². The molecule has 1 atom stereocenters. The standard InChI is InChI=1S/C24H23N5O5/c30-13-25-15-6-4-14(5-7-15)23(33)28-10-16(11-28)26-19-3-1-2-17-18(19)12-29(24(17)34)20-8-9-21(31)27-22(20)32/h1-7,13,16,20,26H,8-12H2,(H,25,30)(H,27,31,32). The first-order chi connectivity index (χ1) is 16.4. The second-order valence-corrected chi connectivity index (χ2v) is 8.62. The van der Waals surface area contributed by atoms with Crippen LogP contribution in [0.3, 0.4) is 0 Å². The number of hydrogen-bond donors (Lipinski definition) is 3. The minimum Gasteiger partial charge on any atom is -0.378 e. The zero-order chi connectivity index (χ0) is 23.8. The molecule has 3 aliphatic rings. The lowest BCUT2D eigenvalue weighted by molar-refractivity contribution is -0.136. The Labute approximate surface area is 195 Å². The number of imide groups is 1. The molecule has 2 aromatic rings. The molecule has 10 nitrogen and oxygen atoms in total. The van der Waals surface area contributed by atoms with E-state index in [2.05, 4.69) is 16.0 Å². The molecule has 34 heavy (non-hydrogen) atoms. The fourth-order valence-corrected chi connectivity index (χ4v) is 4.64. The molecule has 3 heterocycles. The fourth-order valence-electron chi connectivity index (χ4n) is 4.64. The Bertz CT molecular complexity index is 1190. The Morgan fingerprint density at radius 1 is 1.06 bits per heavy atom. The summed E-state index contributed by atoms with van der Waals surface area (Å²) in [6.45, 7) is 1.32. The van der Waals surface area contributed by atoms with Crippen molar-refractivity contribution < 1.29 is 24.0 Å². The van der Waals surface area contributed by atoms with Crippen molar-refractivity contribution in [2.24, 2.45) is 0 Å². The Kier molecular flexibility index (Phi) is 5.48. The van der Waals surface area contributed by atoms with Crippen LogP contribution in [0.15, 0.2) is 42.5 Å². The van der Waals surface area contributed by atoms with Gasteiger partial charge in [-0.05, 0) is 42.8 Å². The highest BCUT2D eigenvalue weighted by Gasteiger charge is 2.40. The first-order valence-corrected chi connectivity index (χ1v) is 11.1. The SMILES string of the molecule is O=CNc1ccc(C(=O)N2CC(Nc3cccc4c3CN(C3CCC(=O)NC3=O)C4=O)C2)cc1. The number of nitrogens with one attached hydrogen (secondary N) is 3. The average Bonchev–Trinajstić information content (AvgIpc) is 3.13. The highest BCUT2D eigenvalue weighted by atomic mass is 16.2. The second-order valence-electron chi connectivity index (χ2n) is 8.62. The molecule has 0 radical (unpaired) electrons. The molecule has 0 aromatic heterocycles. The Morgan fingerprint density at radius 3 is 2.53 bits per heavy atom. The Morgan fingerprint density at radius 2 is 1.82 bits per heavy atom. The number of amides is 5. The highest BCUT2D eigenvalue weighted by Crippen LogP contribution is 2.33. The molecule has 2 saturated heterocycles. The summed E-state index contributed by atoms with van der Waals surface area (Å²) >= 11 is 0. The molecule has 1 unspecified atom stereocenters. The van der Waals surface area contributed by atoms with Crippen LogP contribution in [0, 0.1) is 0 Å². The minimum atomic E-state index is -0.657. The summed E-state index contributed by atoms with van der Waals surface area (Å²) in [6, 6.07) is 11.5. The third-order valence-corrected chi connectivity index (χ3v) is 6.47. The lowest BCUT2D eigenvalue weighted by atomic mass is 10.0. The van der Waals surface area contributed by atoms with Crippen LogP contribution in [-0.4, -0.2) is 65.0 Å². The van der Waals surface area contributed by atoms with E-state index in [1.165, 1.54) is 4.90 Å². The monoisotopic (exact) mass is 461 g/mol. The Balaban J connectivity index is 1.22. The van der Waals surface area contributed by atoms with Crippen molar-refractivity contribution in [1.29, 1.82) is 0 Å². The molecule has 0 aliphatic carbocycles. The van der Waals surface area contributed by atoms with E-state index >= 15 is 0 Å². The number of hydrogen-bond acceptors (Lipinski definition) is 6. The molecule has 3 aliphatic heterocycles. The van der Waals surface area contributed by atoms with Crippen molar-refractivity contribution >= 4 is 41.4 Å². The van der Waals surface area contributed by atoms with Gasteiger partial charge in [-0.2, -0.15) is 0 Å². The van der Waals surface area contributed by atoms with Crippen molar-refractivity contribution in [3.05, 3.63) is 59.2 Å². The van der Waals surface area contributed by atoms with E-state index in [1.807, 2.05) is 6.07 Å². The minimum absolute atomic E-state index is 0.0335. The van der Waals surface area contributed by atoms with Crippen molar-refractivity contribution in [1.82, 2.24) is 15.1 Å². The van der Waals surface area contributed by atoms with Crippen LogP contribution in [0.1, 0.15) is 39.1 Å². The third kappa shape index (κ3) is 3.87. The van der Waals surface area contributed by atoms with Gasteiger partial charge in [-0.3, -0.25) is 29.3 Å². The highest BCUT2D eigenvalue weighted by molar-refractivity contribution is 6.06. The number of fused-ring (bicyclic) bond motifs is 1. The van der Waals surface area contributed by atoms with E-state index in [1.54, 1.807) is 41.3 Å². The zero-order valence-corrected chi connectivity index (χ0v) is 18.2. The molecular weight excluding hydrogens is 438 g/mol. The van der Waals surface area contributed by atoms with Gasteiger partial charge in [0.2, 0.25) is 18.2 Å². The van der Waals surface area contributed by atoms with Crippen molar-refractivity contribution in [2.45, 2.75) is 31.5 Å². The van der Waals surface area contributed by atoms with E-state index in [0.717, 1.165) is 11.3 Å². The molecule has 2 aromatic carbocycles. The summed E-state index contributed by atoms with van der Waals surface area (Å²) in [5, 5.41) is 8.28. The van der Waals surface area contributed by atoms with Crippen molar-refractivity contribution in [2.75, 3.05) is 23.7 Å². The lowest BCUT2D eigenvalue weighted by Gasteiger charge is -2.40. The maximum atomic E-state index is 13.0. The van der Waals surface area contributed by atoms with Gasteiger partial charge in [0.05, 0.1) is 6.04 Å². The van der Waals surface area contributed by atoms with Crippen LogP contribution in [-0.2, 0) is 20.9 Å². The van der Waals surface area contributed by atoms with E-state index in [-0.39, 0.29) is 30.2 Å². The van der Waals surface area contributed by atoms with Crippen LogP contribution < -0.4 is 16.0 Å². The van der Waals surface area contributed by atoms with Gasteiger partial charge in [-0.25, -0.2) is 0 Å². The van der Waals surface area contributed by atoms with Crippen molar-refractivity contribution in [3.63, 3.8) is 0 Å². The number of carbonyl (C=O) groups excluding carboxylic acids is 5. The first-order valence-electron chi connectivity index (χ1n) is 11.1. The van der Waals surface area contributed by atoms with E-state index in [0.29, 0.717) is 49.3 Å². The molecule has 5 rings (SSSR count). The number of piperidine rings is 1. The maximum absolute atomic E-state index is 13.0. The molecule has 0 bridgehead atoms. The molecule has 10 heteroatoms. The summed E-state index contributed by atoms with van der Waals surface area (Å²) in [5.41, 5.74) is 3.34. The average molecular weight is 461 g/mol. The number of rotatable bonds is 6. The van der Waals surface area contributed by atoms with Gasteiger partial charge < -0.3 is 20.4 Å². The molecule has 2 fully saturated rings. The van der Waals surface area contributed by atoms with Gasteiger partial charge in [0, 0.05) is 54.1 Å². The lowest BCUT2D eigenvalue weighted by Crippen LogP contribution is -2.57. The molecule has 174 valence electrons. The quantitative estimate of drug-likeness (QED) is 0.434. The van der Waals surface area contributed by atoms with Crippen molar-refractivity contribution in [3.8, 4) is 0 Å². The van der Waals surface area contributed by atoms with E-state index in [9.17, 15) is 24.0 Å². The van der Waals surface area contributed by atoms with Crippen LogP contribution in [0.4, 0.5) is 11.4 Å². The summed E-state index contributed by atoms with van der Waals surface area (Å²) in [4.78, 5) is 63.2. The number of likely N-dealkylation sites (tertiary alicyclic amines) is 1. The normalized spacial score (nSPS) is 19.9. The molecular formula is C24H23N5O5. The first kappa shape index (κ1) is 21.6. The van der Waals surface area contributed by atoms with Gasteiger partial charge in [0.15, 0.2) is 0 Å². The molecule has 3 N–H and O–H groups in total. The summed E-state index contributed by atoms with van der Waals surface area (Å²) in [5.74, 6) is -1.06. The summed E-state index contributed by atoms with van der Waals surface area (Å²) in [6.07, 6.45) is 1.11. The predicted octanol–water partition coefficient (Wildman–Crippen LogP) is 0.952. The zero-order valence-electron chi connectivity index (χ0n) is 18.2. The molecule has 0 spiro atoms. The van der Waals surface area contributed by atoms with E-state index < -0.39 is 11.9 Å². The second kappa shape index (κ2) is 8.62.